The van der Waals surface area contributed by atoms with Crippen LogP contribution in [0.2, 0.25) is 0 Å². The Kier molecular flexibility index (Phi) is 6.79. The van der Waals surface area contributed by atoms with Crippen molar-refractivity contribution >= 4 is 11.8 Å². The molecule has 1 unspecified atom stereocenters. The lowest BCUT2D eigenvalue weighted by Crippen LogP contribution is -2.33. The van der Waals surface area contributed by atoms with E-state index in [1.54, 1.807) is 0 Å². The fraction of sp³-hybridized carbons (Fsp3) is 0.786. The Hall–Kier alpha value is -0.480. The SMILES string of the molecule is CCNC(CSC(C)C)Cc1ccn(C(C)C)n1. The molecule has 4 heteroatoms. The lowest BCUT2D eigenvalue weighted by molar-refractivity contribution is 0.513. The molecule has 0 radical (unpaired) electrons. The largest absolute Gasteiger partial charge is 0.313 e. The van der Waals surface area contributed by atoms with Crippen LogP contribution in [0.15, 0.2) is 12.3 Å². The summed E-state index contributed by atoms with van der Waals surface area (Å²) in [5.41, 5.74) is 1.19. The van der Waals surface area contributed by atoms with E-state index in [-0.39, 0.29) is 0 Å². The average molecular weight is 269 g/mol. The normalized spacial score (nSPS) is 13.5. The van der Waals surface area contributed by atoms with Crippen LogP contribution in [-0.2, 0) is 6.42 Å². The summed E-state index contributed by atoms with van der Waals surface area (Å²) in [5, 5.41) is 8.88. The molecule has 0 amide bonds. The van der Waals surface area contributed by atoms with Crippen LogP contribution >= 0.6 is 11.8 Å². The van der Waals surface area contributed by atoms with E-state index in [1.807, 2.05) is 16.4 Å². The molecule has 1 rings (SSSR count). The van der Waals surface area contributed by atoms with Gasteiger partial charge >= 0.3 is 0 Å². The lowest BCUT2D eigenvalue weighted by Gasteiger charge is -2.17. The van der Waals surface area contributed by atoms with Gasteiger partial charge in [-0.2, -0.15) is 16.9 Å². The van der Waals surface area contributed by atoms with Gasteiger partial charge in [0.2, 0.25) is 0 Å². The number of rotatable bonds is 8. The van der Waals surface area contributed by atoms with Gasteiger partial charge < -0.3 is 5.32 Å². The van der Waals surface area contributed by atoms with Crippen molar-refractivity contribution in [3.05, 3.63) is 18.0 Å². The summed E-state index contributed by atoms with van der Waals surface area (Å²) in [4.78, 5) is 0. The summed E-state index contributed by atoms with van der Waals surface area (Å²) in [6, 6.07) is 3.11. The first-order valence-corrected chi connectivity index (χ1v) is 7.96. The lowest BCUT2D eigenvalue weighted by atomic mass is 10.2. The molecule has 1 aromatic heterocycles. The minimum atomic E-state index is 0.446. The first kappa shape index (κ1) is 15.6. The van der Waals surface area contributed by atoms with Crippen LogP contribution in [0.1, 0.15) is 46.4 Å². The number of nitrogens with zero attached hydrogens (tertiary/aromatic N) is 2. The van der Waals surface area contributed by atoms with Crippen molar-refractivity contribution in [1.82, 2.24) is 15.1 Å². The van der Waals surface area contributed by atoms with Gasteiger partial charge in [-0.05, 0) is 31.7 Å². The Morgan fingerprint density at radius 1 is 1.33 bits per heavy atom. The van der Waals surface area contributed by atoms with Gasteiger partial charge in [0.25, 0.3) is 0 Å². The van der Waals surface area contributed by atoms with Gasteiger partial charge in [-0.15, -0.1) is 0 Å². The predicted molar refractivity (Wildman–Crippen MR) is 81.4 cm³/mol. The summed E-state index contributed by atoms with van der Waals surface area (Å²) in [5.74, 6) is 1.15. The van der Waals surface area contributed by atoms with E-state index < -0.39 is 0 Å². The monoisotopic (exact) mass is 269 g/mol. The van der Waals surface area contributed by atoms with Crippen molar-refractivity contribution in [2.24, 2.45) is 0 Å². The molecule has 1 heterocycles. The van der Waals surface area contributed by atoms with Crippen LogP contribution in [0.4, 0.5) is 0 Å². The standard InChI is InChI=1S/C14H27N3S/c1-6-15-14(10-18-12(4)5)9-13-7-8-17(16-13)11(2)3/h7-8,11-12,14-15H,6,9-10H2,1-5H3. The third-order valence-corrected chi connectivity index (χ3v) is 4.03. The van der Waals surface area contributed by atoms with Crippen molar-refractivity contribution in [1.29, 1.82) is 0 Å². The molecule has 0 saturated heterocycles. The second kappa shape index (κ2) is 7.85. The summed E-state index contributed by atoms with van der Waals surface area (Å²) < 4.78 is 2.04. The zero-order chi connectivity index (χ0) is 13.5. The third kappa shape index (κ3) is 5.44. The van der Waals surface area contributed by atoms with E-state index in [9.17, 15) is 0 Å². The molecule has 0 spiro atoms. The fourth-order valence-corrected chi connectivity index (χ4v) is 2.67. The maximum Gasteiger partial charge on any atom is 0.0640 e. The van der Waals surface area contributed by atoms with Gasteiger partial charge in [-0.1, -0.05) is 20.8 Å². The number of aromatic nitrogens is 2. The van der Waals surface area contributed by atoms with Gasteiger partial charge in [-0.3, -0.25) is 4.68 Å². The van der Waals surface area contributed by atoms with Gasteiger partial charge in [0.05, 0.1) is 5.69 Å². The molecule has 3 nitrogen and oxygen atoms in total. The van der Waals surface area contributed by atoms with Crippen molar-refractivity contribution in [3.63, 3.8) is 0 Å². The van der Waals surface area contributed by atoms with E-state index in [4.69, 9.17) is 0 Å². The summed E-state index contributed by atoms with van der Waals surface area (Å²) in [6.07, 6.45) is 3.10. The summed E-state index contributed by atoms with van der Waals surface area (Å²) in [7, 11) is 0. The Labute approximate surface area is 116 Å². The molecule has 0 aromatic carbocycles. The highest BCUT2D eigenvalue weighted by molar-refractivity contribution is 7.99. The van der Waals surface area contributed by atoms with E-state index in [1.165, 1.54) is 5.69 Å². The molecule has 0 aliphatic rings. The number of likely N-dealkylation sites (N-methyl/N-ethyl adjacent to an activating group) is 1. The fourth-order valence-electron chi connectivity index (χ4n) is 1.81. The number of thioether (sulfide) groups is 1. The van der Waals surface area contributed by atoms with E-state index in [2.05, 4.69) is 57.3 Å². The molecule has 104 valence electrons. The van der Waals surface area contributed by atoms with Crippen LogP contribution in [0.5, 0.6) is 0 Å². The molecule has 1 aromatic rings. The Morgan fingerprint density at radius 2 is 2.06 bits per heavy atom. The van der Waals surface area contributed by atoms with Crippen LogP contribution < -0.4 is 5.32 Å². The van der Waals surface area contributed by atoms with Gasteiger partial charge in [0, 0.05) is 30.5 Å². The van der Waals surface area contributed by atoms with E-state index >= 15 is 0 Å². The molecule has 0 bridgehead atoms. The molecule has 0 saturated carbocycles. The molecule has 1 atom stereocenters. The topological polar surface area (TPSA) is 29.9 Å². The van der Waals surface area contributed by atoms with Crippen LogP contribution in [-0.4, -0.2) is 33.4 Å². The molecule has 1 N–H and O–H groups in total. The maximum atomic E-state index is 4.63. The minimum Gasteiger partial charge on any atom is -0.313 e. The smallest absolute Gasteiger partial charge is 0.0640 e. The molecular formula is C14H27N3S. The Morgan fingerprint density at radius 3 is 2.56 bits per heavy atom. The minimum absolute atomic E-state index is 0.446. The Balaban J connectivity index is 2.52. The zero-order valence-corrected chi connectivity index (χ0v) is 13.1. The second-order valence-electron chi connectivity index (χ2n) is 5.22. The van der Waals surface area contributed by atoms with Crippen molar-refractivity contribution in [3.8, 4) is 0 Å². The molecular weight excluding hydrogens is 242 g/mol. The molecule has 18 heavy (non-hydrogen) atoms. The first-order valence-electron chi connectivity index (χ1n) is 6.92. The van der Waals surface area contributed by atoms with Crippen LogP contribution in [0, 0.1) is 0 Å². The molecule has 0 aliphatic carbocycles. The zero-order valence-electron chi connectivity index (χ0n) is 12.3. The number of nitrogens with one attached hydrogen (secondary N) is 1. The van der Waals surface area contributed by atoms with Crippen LogP contribution in [0.3, 0.4) is 0 Å². The van der Waals surface area contributed by atoms with Gasteiger partial charge in [-0.25, -0.2) is 0 Å². The van der Waals surface area contributed by atoms with Crippen molar-refractivity contribution in [2.75, 3.05) is 12.3 Å². The molecule has 0 aliphatic heterocycles. The Bertz CT molecular complexity index is 334. The highest BCUT2D eigenvalue weighted by Crippen LogP contribution is 2.13. The highest BCUT2D eigenvalue weighted by Gasteiger charge is 2.12. The van der Waals surface area contributed by atoms with Crippen LogP contribution in [0.25, 0.3) is 0 Å². The quantitative estimate of drug-likeness (QED) is 0.786. The summed E-state index contributed by atoms with van der Waals surface area (Å²) >= 11 is 2.01. The van der Waals surface area contributed by atoms with Gasteiger partial charge in [0.15, 0.2) is 0 Å². The van der Waals surface area contributed by atoms with E-state index in [0.29, 0.717) is 17.3 Å². The van der Waals surface area contributed by atoms with Crippen molar-refractivity contribution in [2.45, 2.75) is 58.4 Å². The average Bonchev–Trinajstić information content (AvgIpc) is 2.75. The first-order chi connectivity index (χ1) is 8.52. The number of hydrogen-bond acceptors (Lipinski definition) is 3. The maximum absolute atomic E-state index is 4.63. The van der Waals surface area contributed by atoms with E-state index in [0.717, 1.165) is 18.7 Å². The molecule has 0 fully saturated rings. The van der Waals surface area contributed by atoms with Gasteiger partial charge in [0.1, 0.15) is 0 Å². The second-order valence-corrected chi connectivity index (χ2v) is 6.83. The summed E-state index contributed by atoms with van der Waals surface area (Å²) in [6.45, 7) is 12.0. The highest BCUT2D eigenvalue weighted by atomic mass is 32.2. The van der Waals surface area contributed by atoms with Crippen molar-refractivity contribution < 1.29 is 0 Å². The predicted octanol–water partition coefficient (Wildman–Crippen LogP) is 3.13. The third-order valence-electron chi connectivity index (χ3n) is 2.77. The number of hydrogen-bond donors (Lipinski definition) is 1.